The van der Waals surface area contributed by atoms with E-state index < -0.39 is 0 Å². The highest BCUT2D eigenvalue weighted by Gasteiger charge is 2.26. The van der Waals surface area contributed by atoms with Gasteiger partial charge in [0.15, 0.2) is 0 Å². The molecule has 8 aromatic carbocycles. The molecule has 1 atom stereocenters. The summed E-state index contributed by atoms with van der Waals surface area (Å²) in [5, 5.41) is 4.94. The van der Waals surface area contributed by atoms with E-state index in [9.17, 15) is 0 Å². The third-order valence-electron chi connectivity index (χ3n) is 13.1. The van der Waals surface area contributed by atoms with Gasteiger partial charge in [-0.2, -0.15) is 0 Å². The molecule has 0 saturated heterocycles. The zero-order valence-electron chi connectivity index (χ0n) is 35.5. The minimum Gasteiger partial charge on any atom is -0.309 e. The Labute approximate surface area is 372 Å². The minimum atomic E-state index is -0.157. The van der Waals surface area contributed by atoms with Crippen molar-refractivity contribution in [2.24, 2.45) is 10.4 Å². The fourth-order valence-electron chi connectivity index (χ4n) is 9.80. The molecule has 0 N–H and O–H groups in total. The molecule has 12 rings (SSSR count). The smallest absolute Gasteiger partial charge is 0.113 e. The molecule has 2 aromatic heterocycles. The molecule has 0 bridgehead atoms. The molecule has 0 saturated carbocycles. The highest BCUT2D eigenvalue weighted by molar-refractivity contribution is 6.14. The summed E-state index contributed by atoms with van der Waals surface area (Å²) in [7, 11) is 0. The molecule has 0 spiro atoms. The van der Waals surface area contributed by atoms with Crippen LogP contribution in [0.1, 0.15) is 24.5 Å². The summed E-state index contributed by atoms with van der Waals surface area (Å²) in [6, 6.07) is 70.2. The van der Waals surface area contributed by atoms with E-state index >= 15 is 0 Å². The molecule has 1 aliphatic carbocycles. The van der Waals surface area contributed by atoms with Crippen LogP contribution in [0.5, 0.6) is 0 Å². The maximum atomic E-state index is 5.31. The van der Waals surface area contributed by atoms with E-state index in [4.69, 9.17) is 4.99 Å². The Kier molecular flexibility index (Phi) is 8.96. The number of aliphatic imine (C=N–C) groups is 1. The van der Waals surface area contributed by atoms with Gasteiger partial charge in [0.1, 0.15) is 5.70 Å². The molecular formula is C61H43N3. The lowest BCUT2D eigenvalue weighted by atomic mass is 9.76. The van der Waals surface area contributed by atoms with Gasteiger partial charge in [0.05, 0.1) is 27.8 Å². The van der Waals surface area contributed by atoms with Gasteiger partial charge in [0, 0.05) is 49.5 Å². The first-order chi connectivity index (χ1) is 31.6. The lowest BCUT2D eigenvalue weighted by Gasteiger charge is -2.27. The molecule has 3 heteroatoms. The average molecular weight is 818 g/mol. The normalized spacial score (nSPS) is 16.0. The van der Waals surface area contributed by atoms with E-state index in [0.717, 1.165) is 51.5 Å². The summed E-state index contributed by atoms with van der Waals surface area (Å²) in [5.74, 6) is 0. The van der Waals surface area contributed by atoms with Gasteiger partial charge in [-0.3, -0.25) is 0 Å². The number of benzene rings is 8. The predicted octanol–water partition coefficient (Wildman–Crippen LogP) is 15.7. The molecule has 1 aliphatic heterocycles. The molecule has 2 aliphatic rings. The van der Waals surface area contributed by atoms with Crippen LogP contribution in [-0.4, -0.2) is 14.8 Å². The Morgan fingerprint density at radius 2 is 0.984 bits per heavy atom. The van der Waals surface area contributed by atoms with Gasteiger partial charge >= 0.3 is 0 Å². The van der Waals surface area contributed by atoms with Crippen LogP contribution >= 0.6 is 0 Å². The highest BCUT2D eigenvalue weighted by atomic mass is 15.0. The molecular weight excluding hydrogens is 775 g/mol. The van der Waals surface area contributed by atoms with Gasteiger partial charge in [-0.15, -0.1) is 0 Å². The Bertz CT molecular complexity index is 3620. The first-order valence-corrected chi connectivity index (χ1v) is 22.1. The summed E-state index contributed by atoms with van der Waals surface area (Å²) in [6.45, 7) is 2.30. The van der Waals surface area contributed by atoms with E-state index in [1.54, 1.807) is 0 Å². The third-order valence-corrected chi connectivity index (χ3v) is 13.1. The van der Waals surface area contributed by atoms with Crippen molar-refractivity contribution >= 4 is 55.0 Å². The van der Waals surface area contributed by atoms with Gasteiger partial charge in [0.2, 0.25) is 0 Å². The van der Waals surface area contributed by atoms with Crippen molar-refractivity contribution in [1.82, 2.24) is 9.13 Å². The standard InChI is InChI=1S/C61H43N3/c1-61(35-13-4-14-36-61)48-31-32-55(42-17-5-2-6-18-42)62-56(41-48)47-21-15-19-43(37-47)45-29-33-59-53(39-45)54-40-46(30-34-60(54)63(59)49-22-7-3-8-23-49)44-20-16-24-50(38-44)64-57-27-11-9-25-51(57)52-26-10-12-28-58(52)64/h2-31,33-35,37-41H,36H2,1H3. The second-order valence-electron chi connectivity index (χ2n) is 17.1. The second kappa shape index (κ2) is 15.3. The molecule has 1 unspecified atom stereocenters. The monoisotopic (exact) mass is 817 g/mol. The SMILES string of the molecule is CC1(C2=CC(c3cccc(-c4ccc5c(c4)c4cc(-c6cccc(-n7c8ccccc8c8ccccc87)c6)ccc4n5-c4ccccc4)c3)=NC(c3ccccc3)=C=C2)C=CC=CC1. The van der Waals surface area contributed by atoms with Gasteiger partial charge in [0.25, 0.3) is 0 Å². The number of nitrogens with zero attached hydrogens (tertiary/aromatic N) is 3. The van der Waals surface area contributed by atoms with E-state index in [1.807, 2.05) is 6.07 Å². The number of hydrogen-bond donors (Lipinski definition) is 0. The number of fused-ring (bicyclic) bond motifs is 6. The van der Waals surface area contributed by atoms with Crippen LogP contribution in [0.3, 0.4) is 0 Å². The number of aromatic nitrogens is 2. The number of allylic oxidation sites excluding steroid dienone is 7. The quantitative estimate of drug-likeness (QED) is 0.143. The summed E-state index contributed by atoms with van der Waals surface area (Å²) in [5.41, 5.74) is 20.2. The van der Waals surface area contributed by atoms with Crippen molar-refractivity contribution in [3.05, 3.63) is 253 Å². The molecule has 10 aromatic rings. The molecule has 302 valence electrons. The van der Waals surface area contributed by atoms with Crippen LogP contribution in [0, 0.1) is 5.41 Å². The van der Waals surface area contributed by atoms with Crippen LogP contribution in [-0.2, 0) is 0 Å². The third kappa shape index (κ3) is 6.42. The minimum absolute atomic E-state index is 0.157. The number of rotatable bonds is 7. The Morgan fingerprint density at radius 3 is 1.66 bits per heavy atom. The summed E-state index contributed by atoms with van der Waals surface area (Å²) in [4.78, 5) is 5.31. The van der Waals surface area contributed by atoms with Crippen molar-refractivity contribution < 1.29 is 0 Å². The number of hydrogen-bond acceptors (Lipinski definition) is 1. The zero-order valence-corrected chi connectivity index (χ0v) is 35.5. The van der Waals surface area contributed by atoms with Gasteiger partial charge in [-0.05, 0) is 113 Å². The zero-order chi connectivity index (χ0) is 42.6. The van der Waals surface area contributed by atoms with E-state index in [-0.39, 0.29) is 5.41 Å². The van der Waals surface area contributed by atoms with Crippen LogP contribution in [0.15, 0.2) is 247 Å². The van der Waals surface area contributed by atoms with Crippen LogP contribution in [0.25, 0.3) is 82.9 Å². The van der Waals surface area contributed by atoms with Crippen molar-refractivity contribution in [3.8, 4) is 33.6 Å². The van der Waals surface area contributed by atoms with Crippen LogP contribution < -0.4 is 0 Å². The van der Waals surface area contributed by atoms with Crippen molar-refractivity contribution in [2.45, 2.75) is 13.3 Å². The first-order valence-electron chi connectivity index (χ1n) is 22.1. The van der Waals surface area contributed by atoms with Crippen molar-refractivity contribution in [3.63, 3.8) is 0 Å². The maximum absolute atomic E-state index is 5.31. The lowest BCUT2D eigenvalue weighted by Crippen LogP contribution is -2.17. The fraction of sp³-hybridized carbons (Fsp3) is 0.0492. The molecule has 3 heterocycles. The van der Waals surface area contributed by atoms with E-state index in [0.29, 0.717) is 0 Å². The first kappa shape index (κ1) is 37.5. The predicted molar refractivity (Wildman–Crippen MR) is 270 cm³/mol. The molecule has 3 nitrogen and oxygen atoms in total. The topological polar surface area (TPSA) is 22.2 Å². The van der Waals surface area contributed by atoms with Gasteiger partial charge in [-0.25, -0.2) is 4.99 Å². The van der Waals surface area contributed by atoms with Crippen molar-refractivity contribution in [2.75, 3.05) is 0 Å². The Hall–Kier alpha value is -8.23. The highest BCUT2D eigenvalue weighted by Crippen LogP contribution is 2.40. The maximum Gasteiger partial charge on any atom is 0.113 e. The Morgan fingerprint density at radius 1 is 0.453 bits per heavy atom. The second-order valence-corrected chi connectivity index (χ2v) is 17.1. The average Bonchev–Trinajstić information content (AvgIpc) is 3.76. The summed E-state index contributed by atoms with van der Waals surface area (Å²) < 4.78 is 4.79. The van der Waals surface area contributed by atoms with Crippen molar-refractivity contribution in [1.29, 1.82) is 0 Å². The van der Waals surface area contributed by atoms with Crippen LogP contribution in [0.4, 0.5) is 0 Å². The van der Waals surface area contributed by atoms with E-state index in [1.165, 1.54) is 60.3 Å². The Balaban J connectivity index is 0.991. The molecule has 64 heavy (non-hydrogen) atoms. The largest absolute Gasteiger partial charge is 0.309 e. The van der Waals surface area contributed by atoms with Crippen LogP contribution in [0.2, 0.25) is 0 Å². The van der Waals surface area contributed by atoms with Gasteiger partial charge in [-0.1, -0.05) is 164 Å². The summed E-state index contributed by atoms with van der Waals surface area (Å²) in [6.07, 6.45) is 14.2. The molecule has 0 fully saturated rings. The molecule has 0 amide bonds. The summed E-state index contributed by atoms with van der Waals surface area (Å²) >= 11 is 0. The van der Waals surface area contributed by atoms with Gasteiger partial charge < -0.3 is 9.13 Å². The van der Waals surface area contributed by atoms with E-state index in [2.05, 4.69) is 246 Å². The molecule has 0 radical (unpaired) electrons. The lowest BCUT2D eigenvalue weighted by molar-refractivity contribution is 0.531. The number of para-hydroxylation sites is 3. The fourth-order valence-corrected chi connectivity index (χ4v) is 9.80.